The molecular formula is C23H31N5O2S. The van der Waals surface area contributed by atoms with Crippen LogP contribution < -0.4 is 0 Å². The van der Waals surface area contributed by atoms with Gasteiger partial charge in [0.15, 0.2) is 5.65 Å². The van der Waals surface area contributed by atoms with E-state index in [1.807, 2.05) is 47.9 Å². The third kappa shape index (κ3) is 3.88. The Morgan fingerprint density at radius 1 is 0.935 bits per heavy atom. The summed E-state index contributed by atoms with van der Waals surface area (Å²) in [6, 6.07) is 4.21. The van der Waals surface area contributed by atoms with Crippen molar-refractivity contribution in [2.24, 2.45) is 7.05 Å². The fraction of sp³-hybridized carbons (Fsp3) is 0.478. The van der Waals surface area contributed by atoms with E-state index in [0.29, 0.717) is 31.1 Å². The molecule has 0 N–H and O–H groups in total. The van der Waals surface area contributed by atoms with Gasteiger partial charge in [0.05, 0.1) is 10.6 Å². The molecule has 1 saturated heterocycles. The van der Waals surface area contributed by atoms with E-state index in [9.17, 15) is 8.42 Å². The van der Waals surface area contributed by atoms with Gasteiger partial charge in [0.25, 0.3) is 0 Å². The second-order valence-electron chi connectivity index (χ2n) is 8.69. The Morgan fingerprint density at radius 3 is 2.16 bits per heavy atom. The Kier molecular flexibility index (Phi) is 5.66. The molecule has 0 radical (unpaired) electrons. The molecule has 0 atom stereocenters. The molecule has 2 aromatic heterocycles. The van der Waals surface area contributed by atoms with Crippen LogP contribution in [0.5, 0.6) is 0 Å². The largest absolute Gasteiger partial charge is 0.296 e. The average molecular weight is 442 g/mol. The molecular weight excluding hydrogens is 410 g/mol. The van der Waals surface area contributed by atoms with Gasteiger partial charge in [-0.2, -0.15) is 9.40 Å². The summed E-state index contributed by atoms with van der Waals surface area (Å²) < 4.78 is 30.4. The first-order valence-electron chi connectivity index (χ1n) is 10.7. The minimum Gasteiger partial charge on any atom is -0.296 e. The number of hydrogen-bond acceptors (Lipinski definition) is 5. The van der Waals surface area contributed by atoms with Crippen molar-refractivity contribution in [1.82, 2.24) is 24.0 Å². The van der Waals surface area contributed by atoms with Gasteiger partial charge in [-0.05, 0) is 68.5 Å². The predicted molar refractivity (Wildman–Crippen MR) is 123 cm³/mol. The van der Waals surface area contributed by atoms with E-state index in [2.05, 4.69) is 27.1 Å². The number of pyridine rings is 1. The first-order valence-corrected chi connectivity index (χ1v) is 12.1. The number of fused-ring (bicyclic) bond motifs is 1. The summed E-state index contributed by atoms with van der Waals surface area (Å²) in [4.78, 5) is 7.34. The predicted octanol–water partition coefficient (Wildman–Crippen LogP) is 3.02. The number of aryl methyl sites for hydroxylation is 4. The lowest BCUT2D eigenvalue weighted by atomic mass is 10.0. The molecule has 0 saturated carbocycles. The van der Waals surface area contributed by atoms with Crippen LogP contribution in [0.2, 0.25) is 0 Å². The van der Waals surface area contributed by atoms with Gasteiger partial charge in [0.1, 0.15) is 0 Å². The minimum absolute atomic E-state index is 0.486. The number of benzene rings is 1. The highest BCUT2D eigenvalue weighted by Gasteiger charge is 2.31. The van der Waals surface area contributed by atoms with E-state index in [4.69, 9.17) is 0 Å². The summed E-state index contributed by atoms with van der Waals surface area (Å²) in [5, 5.41) is 5.51. The molecule has 0 aliphatic carbocycles. The number of rotatable bonds is 4. The Balaban J connectivity index is 1.50. The highest BCUT2D eigenvalue weighted by atomic mass is 32.2. The van der Waals surface area contributed by atoms with Crippen LogP contribution in [0.15, 0.2) is 23.2 Å². The molecule has 7 nitrogen and oxygen atoms in total. The highest BCUT2D eigenvalue weighted by molar-refractivity contribution is 7.89. The van der Waals surface area contributed by atoms with Crippen molar-refractivity contribution in [3.8, 4) is 0 Å². The van der Waals surface area contributed by atoms with Crippen LogP contribution in [0.4, 0.5) is 0 Å². The molecule has 0 amide bonds. The van der Waals surface area contributed by atoms with E-state index in [1.54, 1.807) is 8.99 Å². The van der Waals surface area contributed by atoms with Crippen molar-refractivity contribution < 1.29 is 8.42 Å². The topological polar surface area (TPSA) is 71.3 Å². The van der Waals surface area contributed by atoms with Gasteiger partial charge in [-0.25, -0.2) is 13.4 Å². The molecule has 31 heavy (non-hydrogen) atoms. The van der Waals surface area contributed by atoms with Crippen molar-refractivity contribution in [3.05, 3.63) is 51.8 Å². The molecule has 4 rings (SSSR count). The van der Waals surface area contributed by atoms with Crippen LogP contribution in [0, 0.1) is 34.6 Å². The van der Waals surface area contributed by atoms with Gasteiger partial charge < -0.3 is 0 Å². The highest BCUT2D eigenvalue weighted by Crippen LogP contribution is 2.29. The summed E-state index contributed by atoms with van der Waals surface area (Å²) in [7, 11) is -1.61. The van der Waals surface area contributed by atoms with E-state index >= 15 is 0 Å². The van der Waals surface area contributed by atoms with Crippen LogP contribution in [-0.2, 0) is 23.6 Å². The molecule has 0 unspecified atom stereocenters. The lowest BCUT2D eigenvalue weighted by Gasteiger charge is -2.34. The minimum atomic E-state index is -3.51. The van der Waals surface area contributed by atoms with Gasteiger partial charge in [0, 0.05) is 51.4 Å². The van der Waals surface area contributed by atoms with Crippen LogP contribution in [0.25, 0.3) is 11.0 Å². The van der Waals surface area contributed by atoms with E-state index < -0.39 is 10.0 Å². The normalized spacial score (nSPS) is 16.3. The third-order valence-electron chi connectivity index (χ3n) is 6.55. The number of hydrogen-bond donors (Lipinski definition) is 0. The van der Waals surface area contributed by atoms with Crippen LogP contribution in [0.3, 0.4) is 0 Å². The molecule has 1 aromatic carbocycles. The van der Waals surface area contributed by atoms with Gasteiger partial charge >= 0.3 is 0 Å². The molecule has 1 fully saturated rings. The van der Waals surface area contributed by atoms with E-state index in [1.165, 1.54) is 0 Å². The van der Waals surface area contributed by atoms with E-state index in [-0.39, 0.29) is 0 Å². The zero-order chi connectivity index (χ0) is 22.5. The Morgan fingerprint density at radius 2 is 1.55 bits per heavy atom. The summed E-state index contributed by atoms with van der Waals surface area (Å²) in [5.74, 6) is 0. The summed E-state index contributed by atoms with van der Waals surface area (Å²) in [6.45, 7) is 12.9. The van der Waals surface area contributed by atoms with Gasteiger partial charge in [0.2, 0.25) is 10.0 Å². The van der Waals surface area contributed by atoms with Crippen molar-refractivity contribution in [1.29, 1.82) is 0 Å². The monoisotopic (exact) mass is 441 g/mol. The molecule has 3 aromatic rings. The maximum Gasteiger partial charge on any atom is 0.243 e. The van der Waals surface area contributed by atoms with Crippen LogP contribution >= 0.6 is 0 Å². The SMILES string of the molecule is Cc1cc(C)c(C)c(S(=O)(=O)N2CCN(Cc3cnc4c(c3)c(C)nn4C)CC2)c1C. The lowest BCUT2D eigenvalue weighted by Crippen LogP contribution is -2.48. The standard InChI is InChI=1S/C23H31N5O2S/c1-15-11-16(2)18(4)22(17(15)3)31(29,30)28-9-7-27(8-10-28)14-20-12-21-19(5)25-26(6)23(21)24-13-20/h11-13H,7-10,14H2,1-6H3. The Bertz CT molecular complexity index is 1230. The fourth-order valence-corrected chi connectivity index (χ4v) is 6.52. The smallest absolute Gasteiger partial charge is 0.243 e. The second-order valence-corrected chi connectivity index (χ2v) is 10.6. The summed E-state index contributed by atoms with van der Waals surface area (Å²) in [5.41, 5.74) is 6.75. The van der Waals surface area contributed by atoms with Gasteiger partial charge in [-0.15, -0.1) is 0 Å². The molecule has 1 aliphatic heterocycles. The zero-order valence-corrected chi connectivity index (χ0v) is 20.0. The third-order valence-corrected chi connectivity index (χ3v) is 8.73. The summed E-state index contributed by atoms with van der Waals surface area (Å²) >= 11 is 0. The molecule has 1 aliphatic rings. The van der Waals surface area contributed by atoms with Crippen molar-refractivity contribution in [2.45, 2.75) is 46.1 Å². The number of piperazine rings is 1. The number of aromatic nitrogens is 3. The zero-order valence-electron chi connectivity index (χ0n) is 19.2. The lowest BCUT2D eigenvalue weighted by molar-refractivity contribution is 0.181. The molecule has 3 heterocycles. The Hall–Kier alpha value is -2.29. The quantitative estimate of drug-likeness (QED) is 0.622. The maximum atomic E-state index is 13.5. The van der Waals surface area contributed by atoms with Crippen molar-refractivity contribution in [3.63, 3.8) is 0 Å². The first kappa shape index (κ1) is 21.9. The Labute approximate surface area is 184 Å². The molecule has 0 bridgehead atoms. The second kappa shape index (κ2) is 8.00. The van der Waals surface area contributed by atoms with Crippen molar-refractivity contribution in [2.75, 3.05) is 26.2 Å². The first-order chi connectivity index (χ1) is 14.6. The molecule has 166 valence electrons. The van der Waals surface area contributed by atoms with Gasteiger partial charge in [-0.1, -0.05) is 6.07 Å². The number of nitrogens with zero attached hydrogens (tertiary/aromatic N) is 5. The maximum absolute atomic E-state index is 13.5. The van der Waals surface area contributed by atoms with Crippen molar-refractivity contribution >= 4 is 21.1 Å². The fourth-order valence-electron chi connectivity index (χ4n) is 4.52. The number of sulfonamides is 1. The van der Waals surface area contributed by atoms with E-state index in [0.717, 1.165) is 51.1 Å². The molecule has 8 heteroatoms. The average Bonchev–Trinajstić information content (AvgIpc) is 3.00. The van der Waals surface area contributed by atoms with Crippen LogP contribution in [0.1, 0.15) is 33.5 Å². The molecule has 0 spiro atoms. The summed E-state index contributed by atoms with van der Waals surface area (Å²) in [6.07, 6.45) is 1.90. The van der Waals surface area contributed by atoms with Crippen LogP contribution in [-0.4, -0.2) is 58.6 Å². The van der Waals surface area contributed by atoms with Gasteiger partial charge in [-0.3, -0.25) is 9.58 Å².